The van der Waals surface area contributed by atoms with E-state index in [2.05, 4.69) is 10.2 Å². The minimum absolute atomic E-state index is 0.257. The lowest BCUT2D eigenvalue weighted by molar-refractivity contribution is -0.274. The van der Waals surface area contributed by atoms with Crippen molar-refractivity contribution in [2.75, 3.05) is 5.43 Å². The summed E-state index contributed by atoms with van der Waals surface area (Å²) in [7, 11) is 0. The summed E-state index contributed by atoms with van der Waals surface area (Å²) >= 11 is 0. The third-order valence-corrected chi connectivity index (χ3v) is 1.58. The summed E-state index contributed by atoms with van der Waals surface area (Å²) in [6.45, 7) is 1.52. The topological polar surface area (TPSA) is 47.3 Å². The molecule has 1 aromatic rings. The average molecular weight is 206 g/mol. The molecule has 0 unspecified atom stereocenters. The Morgan fingerprint density at radius 2 is 2.00 bits per heavy atom. The standard InChI is InChI=1S/C8H9F3N2O/c1-5-2-3-6(13-12)4-7(5)14-8(9,10)11/h2-4,13H,12H2,1H3. The number of halogens is 3. The zero-order valence-electron chi connectivity index (χ0n) is 7.35. The normalized spacial score (nSPS) is 11.2. The number of nitrogens with one attached hydrogen (secondary N) is 1. The zero-order chi connectivity index (χ0) is 10.8. The van der Waals surface area contributed by atoms with E-state index in [0.717, 1.165) is 0 Å². The summed E-state index contributed by atoms with van der Waals surface area (Å²) in [6.07, 6.45) is -4.68. The van der Waals surface area contributed by atoms with E-state index in [-0.39, 0.29) is 5.75 Å². The molecule has 0 aliphatic heterocycles. The van der Waals surface area contributed by atoms with Crippen molar-refractivity contribution in [3.8, 4) is 5.75 Å². The quantitative estimate of drug-likeness (QED) is 0.576. The molecule has 1 rings (SSSR count). The zero-order valence-corrected chi connectivity index (χ0v) is 7.35. The van der Waals surface area contributed by atoms with Crippen LogP contribution in [0.1, 0.15) is 5.56 Å². The molecule has 78 valence electrons. The molecule has 0 heterocycles. The first kappa shape index (κ1) is 10.6. The Hall–Kier alpha value is -1.43. The van der Waals surface area contributed by atoms with E-state index < -0.39 is 6.36 Å². The number of nitrogen functional groups attached to an aromatic ring is 1. The summed E-state index contributed by atoms with van der Waals surface area (Å²) in [5.41, 5.74) is 2.98. The average Bonchev–Trinajstić information content (AvgIpc) is 2.06. The minimum atomic E-state index is -4.68. The van der Waals surface area contributed by atoms with Gasteiger partial charge in [-0.2, -0.15) is 0 Å². The van der Waals surface area contributed by atoms with Crippen LogP contribution in [0, 0.1) is 6.92 Å². The number of alkyl halides is 3. The third-order valence-electron chi connectivity index (χ3n) is 1.58. The van der Waals surface area contributed by atoms with Gasteiger partial charge in [-0.05, 0) is 18.6 Å². The number of ether oxygens (including phenoxy) is 1. The second-order valence-electron chi connectivity index (χ2n) is 2.67. The number of benzene rings is 1. The van der Waals surface area contributed by atoms with Crippen LogP contribution in [-0.4, -0.2) is 6.36 Å². The summed E-state index contributed by atoms with van der Waals surface area (Å²) < 4.78 is 39.4. The van der Waals surface area contributed by atoms with Gasteiger partial charge >= 0.3 is 6.36 Å². The highest BCUT2D eigenvalue weighted by atomic mass is 19.4. The molecular formula is C8H9F3N2O. The lowest BCUT2D eigenvalue weighted by Crippen LogP contribution is -2.18. The number of nitrogens with two attached hydrogens (primary N) is 1. The van der Waals surface area contributed by atoms with Crippen LogP contribution in [0.5, 0.6) is 5.75 Å². The van der Waals surface area contributed by atoms with Gasteiger partial charge in [-0.25, -0.2) is 0 Å². The first-order valence-corrected chi connectivity index (χ1v) is 3.75. The third kappa shape index (κ3) is 2.81. The molecule has 3 N–H and O–H groups in total. The first-order valence-electron chi connectivity index (χ1n) is 3.75. The Bertz CT molecular complexity index is 325. The molecule has 0 aromatic heterocycles. The van der Waals surface area contributed by atoms with Gasteiger partial charge < -0.3 is 10.2 Å². The summed E-state index contributed by atoms with van der Waals surface area (Å²) in [5, 5.41) is 0. The van der Waals surface area contributed by atoms with Crippen LogP contribution in [0.4, 0.5) is 18.9 Å². The van der Waals surface area contributed by atoms with Gasteiger partial charge in [-0.3, -0.25) is 5.84 Å². The highest BCUT2D eigenvalue weighted by Gasteiger charge is 2.31. The number of anilines is 1. The molecule has 0 bridgehead atoms. The van der Waals surface area contributed by atoms with Crippen molar-refractivity contribution >= 4 is 5.69 Å². The van der Waals surface area contributed by atoms with Gasteiger partial charge in [0.05, 0.1) is 5.69 Å². The van der Waals surface area contributed by atoms with Crippen molar-refractivity contribution < 1.29 is 17.9 Å². The van der Waals surface area contributed by atoms with Gasteiger partial charge in [0, 0.05) is 6.07 Å². The lowest BCUT2D eigenvalue weighted by atomic mass is 10.2. The molecule has 0 radical (unpaired) electrons. The van der Waals surface area contributed by atoms with Crippen LogP contribution in [0.25, 0.3) is 0 Å². The number of hydrogen-bond donors (Lipinski definition) is 2. The Balaban J connectivity index is 2.95. The van der Waals surface area contributed by atoms with Crippen molar-refractivity contribution in [3.63, 3.8) is 0 Å². The highest BCUT2D eigenvalue weighted by molar-refractivity contribution is 5.50. The highest BCUT2D eigenvalue weighted by Crippen LogP contribution is 2.28. The van der Waals surface area contributed by atoms with Crippen molar-refractivity contribution in [1.29, 1.82) is 0 Å². The summed E-state index contributed by atoms with van der Waals surface area (Å²) in [6, 6.07) is 4.22. The van der Waals surface area contributed by atoms with Crippen molar-refractivity contribution in [3.05, 3.63) is 23.8 Å². The molecule has 0 fully saturated rings. The maximum atomic E-state index is 11.9. The predicted molar refractivity (Wildman–Crippen MR) is 45.7 cm³/mol. The van der Waals surface area contributed by atoms with E-state index >= 15 is 0 Å². The SMILES string of the molecule is Cc1ccc(NN)cc1OC(F)(F)F. The minimum Gasteiger partial charge on any atom is -0.405 e. The van der Waals surface area contributed by atoms with E-state index in [1.165, 1.54) is 19.1 Å². The van der Waals surface area contributed by atoms with E-state index in [1.807, 2.05) is 0 Å². The fourth-order valence-electron chi connectivity index (χ4n) is 0.925. The van der Waals surface area contributed by atoms with Crippen LogP contribution in [0.2, 0.25) is 0 Å². The van der Waals surface area contributed by atoms with Crippen LogP contribution < -0.4 is 16.0 Å². The maximum Gasteiger partial charge on any atom is 0.573 e. The van der Waals surface area contributed by atoms with Crippen LogP contribution in [-0.2, 0) is 0 Å². The molecule has 0 aliphatic rings. The number of aryl methyl sites for hydroxylation is 1. The molecule has 0 amide bonds. The van der Waals surface area contributed by atoms with E-state index in [9.17, 15) is 13.2 Å². The van der Waals surface area contributed by atoms with Crippen LogP contribution >= 0.6 is 0 Å². The Morgan fingerprint density at radius 3 is 2.50 bits per heavy atom. The van der Waals surface area contributed by atoms with Crippen molar-refractivity contribution in [2.45, 2.75) is 13.3 Å². The van der Waals surface area contributed by atoms with Gasteiger partial charge in [0.1, 0.15) is 5.75 Å². The summed E-state index contributed by atoms with van der Waals surface area (Å²) in [5.74, 6) is 4.79. The fourth-order valence-corrected chi connectivity index (χ4v) is 0.925. The van der Waals surface area contributed by atoms with Crippen LogP contribution in [0.15, 0.2) is 18.2 Å². The number of hydrogen-bond acceptors (Lipinski definition) is 3. The molecule has 3 nitrogen and oxygen atoms in total. The largest absolute Gasteiger partial charge is 0.573 e. The number of hydrazine groups is 1. The monoisotopic (exact) mass is 206 g/mol. The molecule has 0 saturated heterocycles. The van der Waals surface area contributed by atoms with Crippen molar-refractivity contribution in [2.24, 2.45) is 5.84 Å². The molecule has 1 aromatic carbocycles. The van der Waals surface area contributed by atoms with E-state index in [1.54, 1.807) is 6.07 Å². The molecule has 0 atom stereocenters. The predicted octanol–water partition coefficient (Wildman–Crippen LogP) is 2.18. The Morgan fingerprint density at radius 1 is 1.36 bits per heavy atom. The van der Waals surface area contributed by atoms with Crippen LogP contribution in [0.3, 0.4) is 0 Å². The molecular weight excluding hydrogens is 197 g/mol. The molecule has 14 heavy (non-hydrogen) atoms. The lowest BCUT2D eigenvalue weighted by Gasteiger charge is -2.12. The van der Waals surface area contributed by atoms with E-state index in [4.69, 9.17) is 5.84 Å². The molecule has 0 spiro atoms. The fraction of sp³-hybridized carbons (Fsp3) is 0.250. The molecule has 0 saturated carbocycles. The second kappa shape index (κ2) is 3.75. The van der Waals surface area contributed by atoms with Gasteiger partial charge in [-0.1, -0.05) is 6.07 Å². The number of rotatable bonds is 2. The summed E-state index contributed by atoms with van der Waals surface area (Å²) in [4.78, 5) is 0. The van der Waals surface area contributed by atoms with Gasteiger partial charge in [-0.15, -0.1) is 13.2 Å². The smallest absolute Gasteiger partial charge is 0.405 e. The van der Waals surface area contributed by atoms with Gasteiger partial charge in [0.25, 0.3) is 0 Å². The second-order valence-corrected chi connectivity index (χ2v) is 2.67. The molecule has 0 aliphatic carbocycles. The Labute approximate surface area is 78.6 Å². The van der Waals surface area contributed by atoms with E-state index in [0.29, 0.717) is 11.3 Å². The first-order chi connectivity index (χ1) is 6.42. The van der Waals surface area contributed by atoms with Gasteiger partial charge in [0.2, 0.25) is 0 Å². The molecule has 6 heteroatoms. The van der Waals surface area contributed by atoms with Crippen molar-refractivity contribution in [1.82, 2.24) is 0 Å². The van der Waals surface area contributed by atoms with Gasteiger partial charge in [0.15, 0.2) is 0 Å². The Kier molecular flexibility index (Phi) is 2.85. The maximum absolute atomic E-state index is 11.9.